The van der Waals surface area contributed by atoms with Gasteiger partial charge in [-0.3, -0.25) is 9.59 Å². The van der Waals surface area contributed by atoms with Crippen molar-refractivity contribution in [3.63, 3.8) is 0 Å². The summed E-state index contributed by atoms with van der Waals surface area (Å²) in [5.74, 6) is -0.140. The second-order valence-electron chi connectivity index (χ2n) is 16.8. The number of ether oxygens (including phenoxy) is 1. The minimum absolute atomic E-state index is 0.0352. The Morgan fingerprint density at radius 3 is 1.27 bits per heavy atom. The molecule has 0 bridgehead atoms. The Bertz CT molecular complexity index is 874. The SMILES string of the molecule is CCCCCCCCCCCC/C=C/C(O)C(CO)NC(=O)CCCCCC/C=C\CCCCOC(=O)CCCCCCCCCCCCCCCCCCC. The van der Waals surface area contributed by atoms with Crippen LogP contribution in [0.4, 0.5) is 0 Å². The Balaban J connectivity index is 3.53. The number of hydrogen-bond donors (Lipinski definition) is 3. The first kappa shape index (κ1) is 54.3. The summed E-state index contributed by atoms with van der Waals surface area (Å²) >= 11 is 0. The number of carbonyl (C=O) groups is 2. The summed E-state index contributed by atoms with van der Waals surface area (Å²) in [4.78, 5) is 24.4. The van der Waals surface area contributed by atoms with E-state index in [-0.39, 0.29) is 18.5 Å². The third-order valence-corrected chi connectivity index (χ3v) is 11.2. The minimum atomic E-state index is -0.864. The molecular formula is C50H95NO5. The summed E-state index contributed by atoms with van der Waals surface area (Å²) in [5.41, 5.74) is 0. The van der Waals surface area contributed by atoms with Gasteiger partial charge >= 0.3 is 5.97 Å². The molecule has 0 spiro atoms. The topological polar surface area (TPSA) is 95.9 Å². The lowest BCUT2D eigenvalue weighted by Crippen LogP contribution is -2.45. The average Bonchev–Trinajstić information content (AvgIpc) is 3.20. The molecule has 0 aromatic carbocycles. The highest BCUT2D eigenvalue weighted by atomic mass is 16.5. The van der Waals surface area contributed by atoms with Crippen LogP contribution in [0.15, 0.2) is 24.3 Å². The van der Waals surface area contributed by atoms with E-state index >= 15 is 0 Å². The third kappa shape index (κ3) is 42.0. The number of amides is 1. The van der Waals surface area contributed by atoms with Crippen molar-refractivity contribution in [3.05, 3.63) is 24.3 Å². The molecule has 0 aliphatic rings. The Kier molecular flexibility index (Phi) is 44.7. The maximum Gasteiger partial charge on any atom is 0.305 e. The molecular weight excluding hydrogens is 695 g/mol. The van der Waals surface area contributed by atoms with Crippen molar-refractivity contribution in [1.82, 2.24) is 5.32 Å². The monoisotopic (exact) mass is 790 g/mol. The van der Waals surface area contributed by atoms with Gasteiger partial charge in [0, 0.05) is 12.8 Å². The lowest BCUT2D eigenvalue weighted by atomic mass is 10.0. The van der Waals surface area contributed by atoms with E-state index in [2.05, 4.69) is 31.3 Å². The largest absolute Gasteiger partial charge is 0.466 e. The summed E-state index contributed by atoms with van der Waals surface area (Å²) in [5, 5.41) is 22.9. The van der Waals surface area contributed by atoms with Gasteiger partial charge in [0.05, 0.1) is 25.4 Å². The number of esters is 1. The number of nitrogens with one attached hydrogen (secondary N) is 1. The molecule has 2 atom stereocenters. The number of rotatable bonds is 45. The number of allylic oxidation sites excluding steroid dienone is 3. The maximum absolute atomic E-state index is 12.4. The molecule has 1 amide bonds. The van der Waals surface area contributed by atoms with Gasteiger partial charge in [0.1, 0.15) is 0 Å². The highest BCUT2D eigenvalue weighted by molar-refractivity contribution is 5.76. The van der Waals surface area contributed by atoms with Gasteiger partial charge in [0.2, 0.25) is 5.91 Å². The zero-order valence-electron chi connectivity index (χ0n) is 37.4. The molecule has 0 saturated carbocycles. The fourth-order valence-electron chi connectivity index (χ4n) is 7.39. The maximum atomic E-state index is 12.4. The van der Waals surface area contributed by atoms with E-state index in [9.17, 15) is 19.8 Å². The summed E-state index contributed by atoms with van der Waals surface area (Å²) in [6.45, 7) is 4.80. The van der Waals surface area contributed by atoms with Crippen LogP contribution < -0.4 is 5.32 Å². The first-order valence-corrected chi connectivity index (χ1v) is 24.6. The van der Waals surface area contributed by atoms with Crippen LogP contribution >= 0.6 is 0 Å². The van der Waals surface area contributed by atoms with E-state index in [1.807, 2.05) is 6.08 Å². The Morgan fingerprint density at radius 2 is 0.839 bits per heavy atom. The van der Waals surface area contributed by atoms with Crippen LogP contribution in [0.3, 0.4) is 0 Å². The molecule has 0 fully saturated rings. The van der Waals surface area contributed by atoms with Crippen LogP contribution in [0.25, 0.3) is 0 Å². The molecule has 0 aliphatic heterocycles. The molecule has 0 rings (SSSR count). The highest BCUT2D eigenvalue weighted by Crippen LogP contribution is 2.15. The quantitative estimate of drug-likeness (QED) is 0.0324. The minimum Gasteiger partial charge on any atom is -0.466 e. The molecule has 0 aromatic heterocycles. The van der Waals surface area contributed by atoms with Gasteiger partial charge in [-0.25, -0.2) is 0 Å². The average molecular weight is 790 g/mol. The van der Waals surface area contributed by atoms with Crippen molar-refractivity contribution < 1.29 is 24.5 Å². The van der Waals surface area contributed by atoms with Gasteiger partial charge in [0.15, 0.2) is 0 Å². The summed E-state index contributed by atoms with van der Waals surface area (Å²) < 4.78 is 5.44. The number of unbranched alkanes of at least 4 members (excludes halogenated alkanes) is 32. The predicted octanol–water partition coefficient (Wildman–Crippen LogP) is 14.3. The predicted molar refractivity (Wildman–Crippen MR) is 241 cm³/mol. The van der Waals surface area contributed by atoms with E-state index in [1.54, 1.807) is 6.08 Å². The van der Waals surface area contributed by atoms with Crippen molar-refractivity contribution in [3.8, 4) is 0 Å². The normalized spacial score (nSPS) is 12.9. The molecule has 0 radical (unpaired) electrons. The van der Waals surface area contributed by atoms with Crippen LogP contribution in [-0.2, 0) is 14.3 Å². The van der Waals surface area contributed by atoms with Crippen molar-refractivity contribution in [1.29, 1.82) is 0 Å². The smallest absolute Gasteiger partial charge is 0.305 e. The second-order valence-corrected chi connectivity index (χ2v) is 16.8. The van der Waals surface area contributed by atoms with Gasteiger partial charge < -0.3 is 20.3 Å². The van der Waals surface area contributed by atoms with Gasteiger partial charge in [-0.1, -0.05) is 212 Å². The molecule has 6 nitrogen and oxygen atoms in total. The Labute approximate surface area is 348 Å². The lowest BCUT2D eigenvalue weighted by Gasteiger charge is -2.20. The molecule has 0 saturated heterocycles. The van der Waals surface area contributed by atoms with Gasteiger partial charge in [-0.05, 0) is 57.8 Å². The first-order chi connectivity index (χ1) is 27.5. The van der Waals surface area contributed by atoms with E-state index < -0.39 is 12.1 Å². The van der Waals surface area contributed by atoms with E-state index in [4.69, 9.17) is 4.74 Å². The standard InChI is InChI=1S/C50H95NO5/c1-3-5-7-9-11-13-15-17-18-19-20-21-23-28-32-36-40-44-50(55)56-45-41-37-33-29-25-24-27-31-35-39-43-49(54)51-47(46-52)48(53)42-38-34-30-26-22-16-14-12-10-8-6-4-2/h25,29,38,42,47-48,52-53H,3-24,26-28,30-37,39-41,43-46H2,1-2H3,(H,51,54)/b29-25-,42-38+. The van der Waals surface area contributed by atoms with Crippen molar-refractivity contribution in [2.45, 2.75) is 270 Å². The number of hydrogen-bond acceptors (Lipinski definition) is 5. The third-order valence-electron chi connectivity index (χ3n) is 11.2. The fraction of sp³-hybridized carbons (Fsp3) is 0.880. The fourth-order valence-corrected chi connectivity index (χ4v) is 7.39. The van der Waals surface area contributed by atoms with Crippen molar-refractivity contribution in [2.24, 2.45) is 0 Å². The Morgan fingerprint density at radius 1 is 0.482 bits per heavy atom. The van der Waals surface area contributed by atoms with Crippen LogP contribution in [-0.4, -0.2) is 47.4 Å². The van der Waals surface area contributed by atoms with Gasteiger partial charge in [-0.15, -0.1) is 0 Å². The van der Waals surface area contributed by atoms with Crippen LogP contribution in [0.5, 0.6) is 0 Å². The summed E-state index contributed by atoms with van der Waals surface area (Å²) in [6, 6.07) is -0.651. The molecule has 3 N–H and O–H groups in total. The molecule has 0 aliphatic carbocycles. The molecule has 2 unspecified atom stereocenters. The Hall–Kier alpha value is -1.66. The van der Waals surface area contributed by atoms with E-state index in [0.29, 0.717) is 19.4 Å². The molecule has 56 heavy (non-hydrogen) atoms. The number of carbonyl (C=O) groups excluding carboxylic acids is 2. The molecule has 0 aromatic rings. The number of aliphatic hydroxyl groups excluding tert-OH is 2. The number of aliphatic hydroxyl groups is 2. The highest BCUT2D eigenvalue weighted by Gasteiger charge is 2.18. The summed E-state index contributed by atoms with van der Waals surface area (Å²) in [7, 11) is 0. The van der Waals surface area contributed by atoms with Crippen LogP contribution in [0.1, 0.15) is 258 Å². The molecule has 6 heteroatoms. The van der Waals surface area contributed by atoms with E-state index in [1.165, 1.54) is 154 Å². The van der Waals surface area contributed by atoms with Gasteiger partial charge in [-0.2, -0.15) is 0 Å². The zero-order valence-corrected chi connectivity index (χ0v) is 37.4. The molecule has 330 valence electrons. The van der Waals surface area contributed by atoms with Crippen molar-refractivity contribution in [2.75, 3.05) is 13.2 Å². The first-order valence-electron chi connectivity index (χ1n) is 24.6. The van der Waals surface area contributed by atoms with Crippen molar-refractivity contribution >= 4 is 11.9 Å². The molecule has 0 heterocycles. The lowest BCUT2D eigenvalue weighted by molar-refractivity contribution is -0.143. The van der Waals surface area contributed by atoms with E-state index in [0.717, 1.165) is 77.0 Å². The second kappa shape index (κ2) is 46.0. The zero-order chi connectivity index (χ0) is 40.8. The van der Waals surface area contributed by atoms with Gasteiger partial charge in [0.25, 0.3) is 0 Å². The van der Waals surface area contributed by atoms with Crippen LogP contribution in [0, 0.1) is 0 Å². The summed E-state index contributed by atoms with van der Waals surface area (Å²) in [6.07, 6.45) is 53.2. The van der Waals surface area contributed by atoms with Crippen LogP contribution in [0.2, 0.25) is 0 Å².